The number of benzene rings is 5. The van der Waals surface area contributed by atoms with Crippen molar-refractivity contribution in [3.63, 3.8) is 0 Å². The van der Waals surface area contributed by atoms with Crippen LogP contribution in [0.2, 0.25) is 0 Å². The molecule has 7 nitrogen and oxygen atoms in total. The molecule has 1 aromatic heterocycles. The summed E-state index contributed by atoms with van der Waals surface area (Å²) in [6.07, 6.45) is 4.28. The van der Waals surface area contributed by atoms with Crippen molar-refractivity contribution in [2.45, 2.75) is 38.8 Å². The summed E-state index contributed by atoms with van der Waals surface area (Å²) in [6, 6.07) is 32.9. The number of ether oxygens (including phenoxy) is 1. The van der Waals surface area contributed by atoms with E-state index in [9.17, 15) is 14.4 Å². The van der Waals surface area contributed by atoms with Crippen molar-refractivity contribution in [2.24, 2.45) is 5.92 Å². The largest absolute Gasteiger partial charge is 0.461 e. The Morgan fingerprint density at radius 2 is 1.56 bits per heavy atom. The van der Waals surface area contributed by atoms with Crippen LogP contribution in [0.25, 0.3) is 32.3 Å². The number of rotatable bonds is 8. The van der Waals surface area contributed by atoms with Gasteiger partial charge >= 0.3 is 5.97 Å². The van der Waals surface area contributed by atoms with Gasteiger partial charge in [-0.25, -0.2) is 0 Å². The number of amides is 2. The Morgan fingerprint density at radius 3 is 2.35 bits per heavy atom. The van der Waals surface area contributed by atoms with Gasteiger partial charge in [-0.1, -0.05) is 72.8 Å². The van der Waals surface area contributed by atoms with Crippen molar-refractivity contribution in [1.82, 2.24) is 15.2 Å². The molecule has 2 atom stereocenters. The molecule has 1 aliphatic heterocycles. The van der Waals surface area contributed by atoms with Crippen molar-refractivity contribution < 1.29 is 19.1 Å². The van der Waals surface area contributed by atoms with Crippen LogP contribution in [0.15, 0.2) is 109 Å². The highest BCUT2D eigenvalue weighted by Gasteiger charge is 2.34. The van der Waals surface area contributed by atoms with Gasteiger partial charge in [0.05, 0.1) is 5.92 Å². The molecule has 6 aromatic rings. The van der Waals surface area contributed by atoms with Crippen molar-refractivity contribution in [1.29, 1.82) is 0 Å². The number of aromatic nitrogens is 1. The van der Waals surface area contributed by atoms with E-state index in [1.54, 1.807) is 24.3 Å². The highest BCUT2D eigenvalue weighted by Crippen LogP contribution is 2.33. The Hall–Kier alpha value is -5.56. The summed E-state index contributed by atoms with van der Waals surface area (Å²) < 4.78 is 5.88. The van der Waals surface area contributed by atoms with E-state index in [4.69, 9.17) is 4.74 Å². The fourth-order valence-corrected chi connectivity index (χ4v) is 6.95. The summed E-state index contributed by atoms with van der Waals surface area (Å²) in [5, 5.41) is 10.1. The van der Waals surface area contributed by atoms with E-state index < -0.39 is 18.0 Å². The first-order valence-electron chi connectivity index (χ1n) is 16.4. The fourth-order valence-electron chi connectivity index (χ4n) is 6.95. The average molecular weight is 636 g/mol. The molecule has 0 bridgehead atoms. The number of carbonyl (C=O) groups excluding carboxylic acids is 3. The smallest absolute Gasteiger partial charge is 0.302 e. The molecule has 0 radical (unpaired) electrons. The number of pyridine rings is 1. The van der Waals surface area contributed by atoms with Crippen LogP contribution in [-0.2, 0) is 40.1 Å². The monoisotopic (exact) mass is 635 g/mol. The standard InChI is InChI=1S/C41H37N3O4/c1-26(45)48-39(22-28-7-12-35-30(21-28)11-14-36-34-6-4-3-5-29(34)10-13-37(35)36)38-24-33-23-31(8-9-32(33)25-43-40(38)46)41(47)44(2)20-17-27-15-18-42-19-16-27/h3-16,18-19,21,23,38-39H,17,20,22,24-25H2,1-2H3,(H,43,46). The molecule has 48 heavy (non-hydrogen) atoms. The highest BCUT2D eigenvalue weighted by molar-refractivity contribution is 6.17. The van der Waals surface area contributed by atoms with E-state index in [0.29, 0.717) is 31.5 Å². The van der Waals surface area contributed by atoms with E-state index in [1.165, 1.54) is 28.5 Å². The first kappa shape index (κ1) is 31.1. The molecule has 0 spiro atoms. The van der Waals surface area contributed by atoms with Gasteiger partial charge in [0.25, 0.3) is 5.91 Å². The van der Waals surface area contributed by atoms with Crippen LogP contribution in [-0.4, -0.2) is 47.4 Å². The molecular formula is C41H37N3O4. The Balaban J connectivity index is 1.14. The first-order chi connectivity index (χ1) is 23.3. The van der Waals surface area contributed by atoms with Crippen LogP contribution in [0.5, 0.6) is 0 Å². The quantitative estimate of drug-likeness (QED) is 0.147. The Labute approximate surface area is 279 Å². The van der Waals surface area contributed by atoms with Gasteiger partial charge < -0.3 is 15.0 Å². The topological polar surface area (TPSA) is 88.6 Å². The van der Waals surface area contributed by atoms with Crippen LogP contribution >= 0.6 is 0 Å². The summed E-state index contributed by atoms with van der Waals surface area (Å²) in [5.74, 6) is -1.31. The fraction of sp³-hybridized carbons (Fsp3) is 0.220. The van der Waals surface area contributed by atoms with Gasteiger partial charge in [-0.3, -0.25) is 19.4 Å². The van der Waals surface area contributed by atoms with Crippen LogP contribution in [0.1, 0.15) is 39.5 Å². The molecule has 7 rings (SSSR count). The molecule has 2 amide bonds. The lowest BCUT2D eigenvalue weighted by molar-refractivity contribution is -0.151. The minimum Gasteiger partial charge on any atom is -0.461 e. The number of carbonyl (C=O) groups is 3. The van der Waals surface area contributed by atoms with Gasteiger partial charge in [-0.2, -0.15) is 0 Å². The number of esters is 1. The third kappa shape index (κ3) is 6.36. The van der Waals surface area contributed by atoms with Gasteiger partial charge in [-0.05, 0) is 91.7 Å². The molecule has 5 aromatic carbocycles. The van der Waals surface area contributed by atoms with Crippen molar-refractivity contribution >= 4 is 50.1 Å². The van der Waals surface area contributed by atoms with Gasteiger partial charge in [0.1, 0.15) is 6.10 Å². The number of nitrogens with zero attached hydrogens (tertiary/aromatic N) is 2. The minimum absolute atomic E-state index is 0.0832. The summed E-state index contributed by atoms with van der Waals surface area (Å²) in [5.41, 5.74) is 4.52. The van der Waals surface area contributed by atoms with Gasteiger partial charge in [0.2, 0.25) is 5.91 Å². The average Bonchev–Trinajstić information content (AvgIpc) is 3.27. The lowest BCUT2D eigenvalue weighted by Crippen LogP contribution is -2.40. The Kier molecular flexibility index (Phi) is 8.59. The van der Waals surface area contributed by atoms with Gasteiger partial charge in [-0.15, -0.1) is 0 Å². The molecule has 2 heterocycles. The van der Waals surface area contributed by atoms with E-state index in [-0.39, 0.29) is 11.8 Å². The molecule has 0 aliphatic carbocycles. The second-order valence-electron chi connectivity index (χ2n) is 12.7. The van der Waals surface area contributed by atoms with E-state index >= 15 is 0 Å². The second-order valence-corrected chi connectivity index (χ2v) is 12.7. The van der Waals surface area contributed by atoms with E-state index in [2.05, 4.69) is 77.0 Å². The predicted molar refractivity (Wildman–Crippen MR) is 189 cm³/mol. The molecule has 1 aliphatic rings. The van der Waals surface area contributed by atoms with Crippen LogP contribution in [0, 0.1) is 5.92 Å². The third-order valence-electron chi connectivity index (χ3n) is 9.52. The minimum atomic E-state index is -0.683. The molecule has 0 saturated heterocycles. The maximum Gasteiger partial charge on any atom is 0.302 e. The Bertz CT molecular complexity index is 2180. The molecule has 0 saturated carbocycles. The maximum absolute atomic E-state index is 13.5. The molecule has 1 N–H and O–H groups in total. The maximum atomic E-state index is 13.5. The molecule has 2 unspecified atom stereocenters. The van der Waals surface area contributed by atoms with Crippen LogP contribution in [0.4, 0.5) is 0 Å². The summed E-state index contributed by atoms with van der Waals surface area (Å²) >= 11 is 0. The second kappa shape index (κ2) is 13.3. The third-order valence-corrected chi connectivity index (χ3v) is 9.52. The number of fused-ring (bicyclic) bond motifs is 6. The number of hydrogen-bond donors (Lipinski definition) is 1. The van der Waals surface area contributed by atoms with E-state index in [0.717, 1.165) is 39.4 Å². The predicted octanol–water partition coefficient (Wildman–Crippen LogP) is 6.82. The van der Waals surface area contributed by atoms with Gasteiger partial charge in [0.15, 0.2) is 0 Å². The summed E-state index contributed by atoms with van der Waals surface area (Å²) in [4.78, 5) is 45.1. The summed E-state index contributed by atoms with van der Waals surface area (Å²) in [7, 11) is 1.80. The number of nitrogens with one attached hydrogen (secondary N) is 1. The number of likely N-dealkylation sites (N-methyl/N-ethyl adjacent to an activating group) is 1. The number of hydrogen-bond acceptors (Lipinski definition) is 5. The zero-order valence-electron chi connectivity index (χ0n) is 27.1. The molecular weight excluding hydrogens is 598 g/mol. The summed E-state index contributed by atoms with van der Waals surface area (Å²) in [6.45, 7) is 2.29. The zero-order chi connectivity index (χ0) is 33.2. The van der Waals surface area contributed by atoms with Gasteiger partial charge in [0, 0.05) is 51.4 Å². The van der Waals surface area contributed by atoms with E-state index in [1.807, 2.05) is 30.3 Å². The molecule has 0 fully saturated rings. The normalized spacial score (nSPS) is 15.0. The van der Waals surface area contributed by atoms with Crippen LogP contribution < -0.4 is 5.32 Å². The lowest BCUT2D eigenvalue weighted by atomic mass is 9.87. The first-order valence-corrected chi connectivity index (χ1v) is 16.4. The SMILES string of the molecule is CC(=O)OC(Cc1ccc2c(ccc3c4ccccc4ccc23)c1)C1Cc2cc(C(=O)N(C)CCc3ccncc3)ccc2CNC1=O. The zero-order valence-corrected chi connectivity index (χ0v) is 27.1. The van der Waals surface area contributed by atoms with Crippen LogP contribution in [0.3, 0.4) is 0 Å². The van der Waals surface area contributed by atoms with Crippen molar-refractivity contribution in [3.8, 4) is 0 Å². The molecule has 7 heteroatoms. The highest BCUT2D eigenvalue weighted by atomic mass is 16.5. The Morgan fingerprint density at radius 1 is 0.833 bits per heavy atom. The van der Waals surface area contributed by atoms with Crippen molar-refractivity contribution in [2.75, 3.05) is 13.6 Å². The lowest BCUT2D eigenvalue weighted by Gasteiger charge is -2.25. The molecule has 240 valence electrons. The van der Waals surface area contributed by atoms with Crippen molar-refractivity contribution in [3.05, 3.63) is 137 Å².